The van der Waals surface area contributed by atoms with Crippen molar-refractivity contribution in [3.8, 4) is 0 Å². The maximum absolute atomic E-state index is 5.86. The molecule has 1 fully saturated rings. The first-order valence-electron chi connectivity index (χ1n) is 7.63. The molecule has 6 heteroatoms. The fourth-order valence-corrected chi connectivity index (χ4v) is 2.17. The van der Waals surface area contributed by atoms with Gasteiger partial charge in [0.2, 0.25) is 0 Å². The summed E-state index contributed by atoms with van der Waals surface area (Å²) in [5, 5.41) is 3.09. The molecule has 0 amide bonds. The lowest BCUT2D eigenvalue weighted by Crippen LogP contribution is -2.23. The molecule has 1 aromatic carbocycles. The second kappa shape index (κ2) is 10.8. The third-order valence-corrected chi connectivity index (χ3v) is 3.46. The van der Waals surface area contributed by atoms with E-state index in [2.05, 4.69) is 29.4 Å². The number of nitrogens with two attached hydrogens (primary N) is 1. The first-order chi connectivity index (χ1) is 10.3. The second-order valence-corrected chi connectivity index (χ2v) is 5.15. The van der Waals surface area contributed by atoms with E-state index in [0.29, 0.717) is 19.1 Å². The molecule has 5 nitrogen and oxygen atoms in total. The van der Waals surface area contributed by atoms with Crippen LogP contribution in [-0.2, 0) is 15.9 Å². The number of ether oxygens (including phenoxy) is 2. The summed E-state index contributed by atoms with van der Waals surface area (Å²) < 4.78 is 10.9. The van der Waals surface area contributed by atoms with Crippen molar-refractivity contribution in [2.75, 3.05) is 31.7 Å². The van der Waals surface area contributed by atoms with Gasteiger partial charge in [0, 0.05) is 25.4 Å². The zero-order valence-electron chi connectivity index (χ0n) is 13.1. The van der Waals surface area contributed by atoms with E-state index < -0.39 is 0 Å². The van der Waals surface area contributed by atoms with Crippen LogP contribution in [0.5, 0.6) is 0 Å². The summed E-state index contributed by atoms with van der Waals surface area (Å²) in [6.45, 7) is 5.05. The van der Waals surface area contributed by atoms with E-state index >= 15 is 0 Å². The first kappa shape index (κ1) is 19.2. The largest absolute Gasteiger partial charge is 0.379 e. The smallest absolute Gasteiger partial charge is 0.193 e. The predicted octanol–water partition coefficient (Wildman–Crippen LogP) is 2.79. The van der Waals surface area contributed by atoms with Gasteiger partial charge in [-0.1, -0.05) is 19.1 Å². The zero-order valence-corrected chi connectivity index (χ0v) is 15.4. The number of hydrogen-bond acceptors (Lipinski definition) is 3. The third-order valence-electron chi connectivity index (χ3n) is 3.46. The minimum atomic E-state index is 0. The van der Waals surface area contributed by atoms with E-state index in [-0.39, 0.29) is 30.1 Å². The number of benzene rings is 1. The highest BCUT2D eigenvalue weighted by atomic mass is 127. The minimum absolute atomic E-state index is 0. The molecule has 0 bridgehead atoms. The number of nitrogens with zero attached hydrogens (tertiary/aromatic N) is 1. The van der Waals surface area contributed by atoms with Gasteiger partial charge in [0.15, 0.2) is 5.96 Å². The normalized spacial score (nSPS) is 18.0. The van der Waals surface area contributed by atoms with Gasteiger partial charge in [-0.05, 0) is 37.0 Å². The van der Waals surface area contributed by atoms with E-state index in [9.17, 15) is 0 Å². The fourth-order valence-electron chi connectivity index (χ4n) is 2.17. The van der Waals surface area contributed by atoms with Crippen molar-refractivity contribution < 1.29 is 9.47 Å². The topological polar surface area (TPSA) is 68.9 Å². The molecular weight excluding hydrogens is 393 g/mol. The standard InChI is InChI=1S/C16H25N3O2.HI/c1-2-13-4-6-14(7-5-13)19-16(17)18-9-3-10-21-15-8-11-20-12-15;/h4-7,15H,2-3,8-12H2,1H3,(H3,17,18,19);1H. The van der Waals surface area contributed by atoms with Crippen LogP contribution in [0, 0.1) is 0 Å². The Morgan fingerprint density at radius 3 is 2.82 bits per heavy atom. The molecule has 22 heavy (non-hydrogen) atoms. The summed E-state index contributed by atoms with van der Waals surface area (Å²) >= 11 is 0. The molecule has 0 saturated carbocycles. The van der Waals surface area contributed by atoms with Crippen molar-refractivity contribution in [2.24, 2.45) is 10.7 Å². The molecule has 0 aromatic heterocycles. The van der Waals surface area contributed by atoms with Crippen molar-refractivity contribution >= 4 is 35.6 Å². The summed E-state index contributed by atoms with van der Waals surface area (Å²) in [5.74, 6) is 0.448. The van der Waals surface area contributed by atoms with Crippen molar-refractivity contribution in [1.29, 1.82) is 0 Å². The average molecular weight is 419 g/mol. The number of nitrogens with one attached hydrogen (secondary N) is 1. The fraction of sp³-hybridized carbons (Fsp3) is 0.562. The number of halogens is 1. The van der Waals surface area contributed by atoms with Gasteiger partial charge in [0.05, 0.1) is 12.7 Å². The van der Waals surface area contributed by atoms with E-state index in [1.807, 2.05) is 12.1 Å². The Morgan fingerprint density at radius 2 is 2.18 bits per heavy atom. The molecule has 2 rings (SSSR count). The Labute approximate surface area is 149 Å². The molecule has 124 valence electrons. The summed E-state index contributed by atoms with van der Waals surface area (Å²) in [7, 11) is 0. The lowest BCUT2D eigenvalue weighted by Gasteiger charge is -2.09. The van der Waals surface area contributed by atoms with E-state index in [0.717, 1.165) is 38.2 Å². The van der Waals surface area contributed by atoms with Crippen LogP contribution in [0.2, 0.25) is 0 Å². The third kappa shape index (κ3) is 6.93. The van der Waals surface area contributed by atoms with Crippen LogP contribution in [0.4, 0.5) is 5.69 Å². The Hall–Kier alpha value is -0.860. The number of anilines is 1. The Bertz CT molecular complexity index is 445. The van der Waals surface area contributed by atoms with Crippen LogP contribution in [-0.4, -0.2) is 38.4 Å². The highest BCUT2D eigenvalue weighted by Gasteiger charge is 2.15. The van der Waals surface area contributed by atoms with Gasteiger partial charge in [-0.25, -0.2) is 0 Å². The summed E-state index contributed by atoms with van der Waals surface area (Å²) in [6.07, 6.45) is 3.17. The highest BCUT2D eigenvalue weighted by molar-refractivity contribution is 14.0. The summed E-state index contributed by atoms with van der Waals surface area (Å²) in [4.78, 5) is 4.30. The average Bonchev–Trinajstić information content (AvgIpc) is 3.01. The maximum atomic E-state index is 5.86. The van der Waals surface area contributed by atoms with E-state index in [4.69, 9.17) is 15.2 Å². The van der Waals surface area contributed by atoms with Gasteiger partial charge in [-0.15, -0.1) is 24.0 Å². The monoisotopic (exact) mass is 419 g/mol. The van der Waals surface area contributed by atoms with Gasteiger partial charge < -0.3 is 20.5 Å². The molecule has 0 spiro atoms. The molecule has 0 radical (unpaired) electrons. The molecule has 1 saturated heterocycles. The predicted molar refractivity (Wildman–Crippen MR) is 101 cm³/mol. The molecule has 0 aliphatic carbocycles. The SMILES string of the molecule is CCc1ccc(NC(N)=NCCCOC2CCOC2)cc1.I. The molecule has 1 atom stereocenters. The highest BCUT2D eigenvalue weighted by Crippen LogP contribution is 2.10. The Kier molecular flexibility index (Phi) is 9.42. The van der Waals surface area contributed by atoms with E-state index in [1.165, 1.54) is 5.56 Å². The molecule has 1 aromatic rings. The summed E-state index contributed by atoms with van der Waals surface area (Å²) in [5.41, 5.74) is 8.13. The van der Waals surface area contributed by atoms with Crippen molar-refractivity contribution in [3.05, 3.63) is 29.8 Å². The van der Waals surface area contributed by atoms with Gasteiger partial charge in [0.1, 0.15) is 0 Å². The number of hydrogen-bond donors (Lipinski definition) is 2. The van der Waals surface area contributed by atoms with Crippen molar-refractivity contribution in [1.82, 2.24) is 0 Å². The Morgan fingerprint density at radius 1 is 1.41 bits per heavy atom. The van der Waals surface area contributed by atoms with Gasteiger partial charge >= 0.3 is 0 Å². The minimum Gasteiger partial charge on any atom is -0.379 e. The Balaban J connectivity index is 0.00000242. The zero-order chi connectivity index (χ0) is 14.9. The van der Waals surface area contributed by atoms with Gasteiger partial charge in [-0.2, -0.15) is 0 Å². The molecule has 1 aliphatic rings. The number of guanidine groups is 1. The second-order valence-electron chi connectivity index (χ2n) is 5.15. The molecule has 1 unspecified atom stereocenters. The van der Waals surface area contributed by atoms with Crippen LogP contribution < -0.4 is 11.1 Å². The van der Waals surface area contributed by atoms with Crippen molar-refractivity contribution in [2.45, 2.75) is 32.3 Å². The van der Waals surface area contributed by atoms with Gasteiger partial charge in [0.25, 0.3) is 0 Å². The van der Waals surface area contributed by atoms with Crippen LogP contribution in [0.15, 0.2) is 29.3 Å². The lowest BCUT2D eigenvalue weighted by molar-refractivity contribution is 0.0424. The van der Waals surface area contributed by atoms with E-state index in [1.54, 1.807) is 0 Å². The van der Waals surface area contributed by atoms with Crippen molar-refractivity contribution in [3.63, 3.8) is 0 Å². The maximum Gasteiger partial charge on any atom is 0.193 e. The quantitative estimate of drug-likeness (QED) is 0.309. The van der Waals surface area contributed by atoms with Crippen LogP contribution in [0.3, 0.4) is 0 Å². The number of aryl methyl sites for hydroxylation is 1. The molecule has 1 aliphatic heterocycles. The van der Waals surface area contributed by atoms with Crippen LogP contribution in [0.1, 0.15) is 25.3 Å². The molecule has 1 heterocycles. The first-order valence-corrected chi connectivity index (χ1v) is 7.63. The summed E-state index contributed by atoms with van der Waals surface area (Å²) in [6, 6.07) is 8.22. The molecular formula is C16H26IN3O2. The number of rotatable bonds is 7. The van der Waals surface area contributed by atoms with Gasteiger partial charge in [-0.3, -0.25) is 4.99 Å². The lowest BCUT2D eigenvalue weighted by atomic mass is 10.1. The number of aliphatic imine (C=N–C) groups is 1. The van der Waals surface area contributed by atoms with Crippen LogP contribution >= 0.6 is 24.0 Å². The molecule has 3 N–H and O–H groups in total. The van der Waals surface area contributed by atoms with Crippen LogP contribution in [0.25, 0.3) is 0 Å².